The molecule has 0 aliphatic heterocycles. The van der Waals surface area contributed by atoms with E-state index in [1.807, 2.05) is 62.4 Å². The van der Waals surface area contributed by atoms with Gasteiger partial charge in [0.2, 0.25) is 0 Å². The van der Waals surface area contributed by atoms with Crippen molar-refractivity contribution in [3.8, 4) is 17.2 Å². The first kappa shape index (κ1) is 24.1. The number of carbonyl (C=O) groups excluding carboxylic acids is 1. The highest BCUT2D eigenvalue weighted by Gasteiger charge is 2.11. The number of nitrogens with one attached hydrogen (secondary N) is 1. The second-order valence-corrected chi connectivity index (χ2v) is 7.53. The van der Waals surface area contributed by atoms with Crippen LogP contribution in [0, 0.1) is 0 Å². The van der Waals surface area contributed by atoms with E-state index in [1.54, 1.807) is 24.4 Å². The molecule has 0 unspecified atom stereocenters. The van der Waals surface area contributed by atoms with E-state index in [1.165, 1.54) is 0 Å². The smallest absolute Gasteiger partial charge is 0.271 e. The van der Waals surface area contributed by atoms with Crippen LogP contribution in [-0.4, -0.2) is 25.3 Å². The summed E-state index contributed by atoms with van der Waals surface area (Å²) in [5, 5.41) is 4.78. The van der Waals surface area contributed by atoms with Gasteiger partial charge in [-0.3, -0.25) is 4.79 Å². The molecule has 1 amide bonds. The maximum atomic E-state index is 12.6. The third-order valence-electron chi connectivity index (χ3n) is 4.56. The lowest BCUT2D eigenvalue weighted by Gasteiger charge is -2.12. The van der Waals surface area contributed by atoms with Gasteiger partial charge in [0.1, 0.15) is 12.4 Å². The number of benzene rings is 3. The Labute approximate surface area is 199 Å². The van der Waals surface area contributed by atoms with Crippen LogP contribution in [0.25, 0.3) is 0 Å². The van der Waals surface area contributed by atoms with Crippen molar-refractivity contribution in [2.45, 2.75) is 26.9 Å². The summed E-state index contributed by atoms with van der Waals surface area (Å²) in [4.78, 5) is 12.6. The summed E-state index contributed by atoms with van der Waals surface area (Å²) < 4.78 is 17.2. The van der Waals surface area contributed by atoms with Crippen molar-refractivity contribution in [3.05, 3.63) is 88.4 Å². The van der Waals surface area contributed by atoms with Crippen LogP contribution in [0.4, 0.5) is 0 Å². The number of hydrogen-bond acceptors (Lipinski definition) is 5. The number of halogens is 1. The fourth-order valence-corrected chi connectivity index (χ4v) is 3.06. The van der Waals surface area contributed by atoms with Gasteiger partial charge in [0.15, 0.2) is 11.5 Å². The van der Waals surface area contributed by atoms with Gasteiger partial charge in [-0.05, 0) is 61.4 Å². The topological polar surface area (TPSA) is 69.2 Å². The van der Waals surface area contributed by atoms with E-state index < -0.39 is 0 Å². The highest BCUT2D eigenvalue weighted by molar-refractivity contribution is 6.30. The van der Waals surface area contributed by atoms with E-state index >= 15 is 0 Å². The van der Waals surface area contributed by atoms with Crippen LogP contribution in [0.3, 0.4) is 0 Å². The zero-order chi connectivity index (χ0) is 23.5. The molecule has 0 aliphatic rings. The van der Waals surface area contributed by atoms with Crippen molar-refractivity contribution in [3.63, 3.8) is 0 Å². The van der Waals surface area contributed by atoms with Gasteiger partial charge < -0.3 is 14.2 Å². The average Bonchev–Trinajstić information content (AvgIpc) is 2.83. The lowest BCUT2D eigenvalue weighted by Crippen LogP contribution is -2.18. The molecule has 0 radical (unpaired) electrons. The maximum Gasteiger partial charge on any atom is 0.271 e. The highest BCUT2D eigenvalue weighted by atomic mass is 35.5. The third kappa shape index (κ3) is 7.26. The van der Waals surface area contributed by atoms with Crippen LogP contribution in [0.15, 0.2) is 71.8 Å². The van der Waals surface area contributed by atoms with E-state index in [0.29, 0.717) is 47.7 Å². The summed E-state index contributed by atoms with van der Waals surface area (Å²) in [7, 11) is 0. The number of ether oxygens (including phenoxy) is 3. The summed E-state index contributed by atoms with van der Waals surface area (Å²) in [5.41, 5.74) is 4.71. The monoisotopic (exact) mass is 466 g/mol. The molecule has 3 aromatic rings. The molecule has 0 fully saturated rings. The number of para-hydroxylation sites is 1. The molecule has 33 heavy (non-hydrogen) atoms. The predicted octanol–water partition coefficient (Wildman–Crippen LogP) is 5.87. The Morgan fingerprint density at radius 3 is 2.48 bits per heavy atom. The molecule has 0 saturated carbocycles. The zero-order valence-corrected chi connectivity index (χ0v) is 19.5. The van der Waals surface area contributed by atoms with Crippen LogP contribution in [0.2, 0.25) is 5.02 Å². The molecule has 0 aliphatic carbocycles. The molecule has 0 saturated heterocycles. The van der Waals surface area contributed by atoms with E-state index in [2.05, 4.69) is 10.5 Å². The Kier molecular flexibility index (Phi) is 9.15. The molecular weight excluding hydrogens is 440 g/mol. The summed E-state index contributed by atoms with van der Waals surface area (Å²) in [6, 6.07) is 20.0. The molecule has 0 aromatic heterocycles. The van der Waals surface area contributed by atoms with Gasteiger partial charge in [-0.2, -0.15) is 5.10 Å². The van der Waals surface area contributed by atoms with Gasteiger partial charge in [-0.15, -0.1) is 0 Å². The molecule has 0 bridgehead atoms. The average molecular weight is 467 g/mol. The van der Waals surface area contributed by atoms with Gasteiger partial charge >= 0.3 is 0 Å². The molecule has 0 atom stereocenters. The van der Waals surface area contributed by atoms with Crippen molar-refractivity contribution in [1.82, 2.24) is 5.43 Å². The molecular formula is C26H27ClN2O4. The molecule has 3 aromatic carbocycles. The minimum atomic E-state index is -0.353. The molecule has 7 heteroatoms. The standard InChI is InChI=1S/C26H27ClN2O4/c1-3-15-32-24-14-11-20(16-25(24)31-4-2)26(30)29-28-17-21-7-5-6-8-23(21)33-18-19-9-12-22(27)13-10-19/h5-14,16-17H,3-4,15,18H2,1-2H3,(H,29,30)/b28-17+. The van der Waals surface area contributed by atoms with Gasteiger partial charge in [0, 0.05) is 16.1 Å². The Balaban J connectivity index is 1.64. The van der Waals surface area contributed by atoms with E-state index in [9.17, 15) is 4.79 Å². The fourth-order valence-electron chi connectivity index (χ4n) is 2.93. The van der Waals surface area contributed by atoms with E-state index in [-0.39, 0.29) is 5.91 Å². The number of nitrogens with zero attached hydrogens (tertiary/aromatic N) is 1. The van der Waals surface area contributed by atoms with Crippen LogP contribution in [0.5, 0.6) is 17.2 Å². The van der Waals surface area contributed by atoms with Crippen molar-refractivity contribution in [1.29, 1.82) is 0 Å². The Hall–Kier alpha value is -3.51. The lowest BCUT2D eigenvalue weighted by molar-refractivity contribution is 0.0954. The third-order valence-corrected chi connectivity index (χ3v) is 4.82. The lowest BCUT2D eigenvalue weighted by atomic mass is 10.2. The van der Waals surface area contributed by atoms with Crippen molar-refractivity contribution in [2.75, 3.05) is 13.2 Å². The van der Waals surface area contributed by atoms with Crippen LogP contribution >= 0.6 is 11.6 Å². The normalized spacial score (nSPS) is 10.8. The van der Waals surface area contributed by atoms with Crippen molar-refractivity contribution in [2.24, 2.45) is 5.10 Å². The molecule has 0 heterocycles. The Bertz CT molecular complexity index is 1080. The minimum absolute atomic E-state index is 0.353. The molecule has 172 valence electrons. The zero-order valence-electron chi connectivity index (χ0n) is 18.7. The Morgan fingerprint density at radius 1 is 0.939 bits per heavy atom. The number of hydrogen-bond donors (Lipinski definition) is 1. The number of carbonyl (C=O) groups is 1. The SMILES string of the molecule is CCCOc1ccc(C(=O)N/N=C/c2ccccc2OCc2ccc(Cl)cc2)cc1OCC. The number of rotatable bonds is 11. The van der Waals surface area contributed by atoms with Crippen molar-refractivity contribution < 1.29 is 19.0 Å². The largest absolute Gasteiger partial charge is 0.490 e. The van der Waals surface area contributed by atoms with E-state index in [4.69, 9.17) is 25.8 Å². The van der Waals surface area contributed by atoms with Crippen LogP contribution in [0.1, 0.15) is 41.8 Å². The van der Waals surface area contributed by atoms with Crippen LogP contribution < -0.4 is 19.6 Å². The quantitative estimate of drug-likeness (QED) is 0.283. The van der Waals surface area contributed by atoms with Gasteiger partial charge in [-0.1, -0.05) is 42.8 Å². The summed E-state index contributed by atoms with van der Waals surface area (Å²) in [5.74, 6) is 1.45. The number of amides is 1. The first-order valence-corrected chi connectivity index (χ1v) is 11.2. The van der Waals surface area contributed by atoms with E-state index in [0.717, 1.165) is 17.5 Å². The van der Waals surface area contributed by atoms with Crippen LogP contribution in [-0.2, 0) is 6.61 Å². The first-order chi connectivity index (χ1) is 16.1. The second-order valence-electron chi connectivity index (χ2n) is 7.10. The van der Waals surface area contributed by atoms with Gasteiger partial charge in [0.05, 0.1) is 19.4 Å². The predicted molar refractivity (Wildman–Crippen MR) is 131 cm³/mol. The molecule has 0 spiro atoms. The second kappa shape index (κ2) is 12.5. The highest BCUT2D eigenvalue weighted by Crippen LogP contribution is 2.28. The minimum Gasteiger partial charge on any atom is -0.490 e. The molecule has 3 rings (SSSR count). The summed E-state index contributed by atoms with van der Waals surface area (Å²) >= 11 is 5.93. The summed E-state index contributed by atoms with van der Waals surface area (Å²) in [6.45, 7) is 5.35. The van der Waals surface area contributed by atoms with Gasteiger partial charge in [0.25, 0.3) is 5.91 Å². The maximum absolute atomic E-state index is 12.6. The first-order valence-electron chi connectivity index (χ1n) is 10.8. The molecule has 6 nitrogen and oxygen atoms in total. The van der Waals surface area contributed by atoms with Crippen molar-refractivity contribution >= 4 is 23.7 Å². The summed E-state index contributed by atoms with van der Waals surface area (Å²) in [6.07, 6.45) is 2.44. The van der Waals surface area contributed by atoms with Gasteiger partial charge in [-0.25, -0.2) is 5.43 Å². The molecule has 1 N–H and O–H groups in total. The Morgan fingerprint density at radius 2 is 1.73 bits per heavy atom. The fraction of sp³-hybridized carbons (Fsp3) is 0.231. The number of hydrazone groups is 1.